The number of thioether (sulfide) groups is 1. The van der Waals surface area contributed by atoms with Crippen molar-refractivity contribution < 1.29 is 44.0 Å². The molecule has 28 heavy (non-hydrogen) atoms. The maximum atomic E-state index is 11.8. The van der Waals surface area contributed by atoms with Crippen LogP contribution in [0.5, 0.6) is 0 Å². The number of carbonyl (C=O) groups excluding carboxylic acids is 2. The van der Waals surface area contributed by atoms with Gasteiger partial charge in [-0.2, -0.15) is 11.8 Å². The molecule has 0 saturated heterocycles. The van der Waals surface area contributed by atoms with E-state index in [2.05, 4.69) is 5.32 Å². The third-order valence-electron chi connectivity index (χ3n) is 3.51. The average Bonchev–Trinajstić information content (AvgIpc) is 2.60. The molecule has 0 saturated carbocycles. The minimum Gasteiger partial charge on any atom is -0.481 e. The molecule has 0 heterocycles. The molecule has 3 unspecified atom stereocenters. The molecule has 0 aliphatic rings. The van der Waals surface area contributed by atoms with Gasteiger partial charge in [0.05, 0.1) is 13.0 Å². The van der Waals surface area contributed by atoms with E-state index in [1.807, 2.05) is 0 Å². The van der Waals surface area contributed by atoms with Gasteiger partial charge in [-0.15, -0.1) is 0 Å². The first-order valence-corrected chi connectivity index (χ1v) is 9.61. The maximum Gasteiger partial charge on any atom is 0.327 e. The van der Waals surface area contributed by atoms with Gasteiger partial charge in [-0.25, -0.2) is 4.79 Å². The number of amides is 1. The number of carboxylic acid groups (broad SMARTS) is 3. The highest BCUT2D eigenvalue weighted by Gasteiger charge is 2.24. The number of rotatable bonds is 15. The Bertz CT molecular complexity index is 570. The van der Waals surface area contributed by atoms with Crippen LogP contribution in [0.15, 0.2) is 0 Å². The predicted molar refractivity (Wildman–Crippen MR) is 98.8 cm³/mol. The van der Waals surface area contributed by atoms with Crippen molar-refractivity contribution in [2.24, 2.45) is 5.73 Å². The molecule has 0 aromatic rings. The van der Waals surface area contributed by atoms with Crippen LogP contribution in [0, 0.1) is 0 Å². The van der Waals surface area contributed by atoms with Gasteiger partial charge in [0.2, 0.25) is 5.91 Å². The molecule has 0 fully saturated rings. The predicted octanol–water partition coefficient (Wildman–Crippen LogP) is -0.332. The average molecular weight is 422 g/mol. The fourth-order valence-corrected chi connectivity index (χ4v) is 3.25. The fraction of sp³-hybridized carbons (Fsp3) is 0.688. The number of aliphatic carboxylic acids is 3. The molecule has 160 valence electrons. The molecular weight excluding hydrogens is 396 g/mol. The van der Waals surface area contributed by atoms with Gasteiger partial charge in [-0.05, 0) is 19.8 Å². The Morgan fingerprint density at radius 2 is 1.68 bits per heavy atom. The molecule has 0 aromatic heterocycles. The first kappa shape index (κ1) is 25.7. The van der Waals surface area contributed by atoms with Crippen LogP contribution in [-0.2, 0) is 28.7 Å². The Kier molecular flexibility index (Phi) is 12.6. The number of carboxylic acids is 3. The second-order valence-electron chi connectivity index (χ2n) is 5.84. The first-order chi connectivity index (χ1) is 13.1. The summed E-state index contributed by atoms with van der Waals surface area (Å²) >= 11 is 1.05. The lowest BCUT2D eigenvalue weighted by molar-refractivity contribution is -0.143. The molecule has 1 amide bonds. The van der Waals surface area contributed by atoms with Crippen molar-refractivity contribution in [3.8, 4) is 0 Å². The maximum absolute atomic E-state index is 11.8. The van der Waals surface area contributed by atoms with E-state index in [0.29, 0.717) is 0 Å². The van der Waals surface area contributed by atoms with Gasteiger partial charge in [-0.3, -0.25) is 19.2 Å². The monoisotopic (exact) mass is 422 g/mol. The summed E-state index contributed by atoms with van der Waals surface area (Å²) in [6, 6.07) is -2.51. The molecule has 0 aliphatic carbocycles. The zero-order chi connectivity index (χ0) is 21.7. The Labute approximate surface area is 166 Å². The lowest BCUT2D eigenvalue weighted by atomic mass is 10.1. The smallest absolute Gasteiger partial charge is 0.327 e. The molecule has 0 aromatic carbocycles. The van der Waals surface area contributed by atoms with Crippen LogP contribution < -0.4 is 11.1 Å². The largest absolute Gasteiger partial charge is 0.481 e. The van der Waals surface area contributed by atoms with Crippen LogP contribution in [0.2, 0.25) is 0 Å². The quantitative estimate of drug-likeness (QED) is 0.217. The molecule has 0 spiro atoms. The minimum atomic E-state index is -1.31. The number of hydrogen-bond donors (Lipinski definition) is 5. The van der Waals surface area contributed by atoms with Gasteiger partial charge < -0.3 is 31.1 Å². The van der Waals surface area contributed by atoms with Crippen LogP contribution in [0.1, 0.15) is 39.0 Å². The third kappa shape index (κ3) is 12.1. The molecule has 0 radical (unpaired) electrons. The molecule has 11 nitrogen and oxygen atoms in total. The normalized spacial score (nSPS) is 13.8. The second kappa shape index (κ2) is 13.8. The summed E-state index contributed by atoms with van der Waals surface area (Å²) < 4.78 is 4.83. The van der Waals surface area contributed by atoms with E-state index in [1.165, 1.54) is 0 Å². The molecule has 6 N–H and O–H groups in total. The van der Waals surface area contributed by atoms with E-state index in [1.54, 1.807) is 6.92 Å². The van der Waals surface area contributed by atoms with Crippen molar-refractivity contribution >= 4 is 41.5 Å². The van der Waals surface area contributed by atoms with Gasteiger partial charge in [0.25, 0.3) is 0 Å². The number of ether oxygens (including phenoxy) is 1. The Morgan fingerprint density at radius 3 is 2.18 bits per heavy atom. The van der Waals surface area contributed by atoms with Crippen molar-refractivity contribution in [1.29, 1.82) is 0 Å². The van der Waals surface area contributed by atoms with Gasteiger partial charge in [-0.1, -0.05) is 0 Å². The van der Waals surface area contributed by atoms with Gasteiger partial charge in [0, 0.05) is 23.8 Å². The Balaban J connectivity index is 4.72. The van der Waals surface area contributed by atoms with E-state index in [9.17, 15) is 29.1 Å². The SMILES string of the molecule is CCOC(=O)CC(CCC(=O)O)SCC(NC(=O)CCC(N)C(=O)O)C(=O)O. The summed E-state index contributed by atoms with van der Waals surface area (Å²) in [7, 11) is 0. The van der Waals surface area contributed by atoms with E-state index in [4.69, 9.17) is 20.7 Å². The number of hydrogen-bond acceptors (Lipinski definition) is 8. The second-order valence-corrected chi connectivity index (χ2v) is 7.17. The number of nitrogens with two attached hydrogens (primary N) is 1. The number of esters is 1. The topological polar surface area (TPSA) is 193 Å². The highest BCUT2D eigenvalue weighted by molar-refractivity contribution is 8.00. The summed E-state index contributed by atoms with van der Waals surface area (Å²) in [6.45, 7) is 1.80. The van der Waals surface area contributed by atoms with E-state index in [0.717, 1.165) is 11.8 Å². The van der Waals surface area contributed by atoms with E-state index < -0.39 is 47.1 Å². The van der Waals surface area contributed by atoms with Crippen molar-refractivity contribution in [2.45, 2.75) is 56.4 Å². The van der Waals surface area contributed by atoms with Crippen LogP contribution in [0.25, 0.3) is 0 Å². The highest BCUT2D eigenvalue weighted by Crippen LogP contribution is 2.22. The molecule has 0 rings (SSSR count). The highest BCUT2D eigenvalue weighted by atomic mass is 32.2. The Morgan fingerprint density at radius 1 is 1.04 bits per heavy atom. The standard InChI is InChI=1S/C16H26N2O9S/c1-2-27-14(22)7-9(3-6-13(20)21)28-8-11(16(25)26)18-12(19)5-4-10(17)15(23)24/h9-11H,2-8,17H2,1H3,(H,18,19)(H,20,21)(H,23,24)(H,25,26). The van der Waals surface area contributed by atoms with Crippen LogP contribution >= 0.6 is 11.8 Å². The summed E-state index contributed by atoms with van der Waals surface area (Å²) in [4.78, 5) is 56.2. The van der Waals surface area contributed by atoms with Crippen LogP contribution in [-0.4, -0.2) is 74.8 Å². The van der Waals surface area contributed by atoms with Crippen LogP contribution in [0.3, 0.4) is 0 Å². The van der Waals surface area contributed by atoms with E-state index in [-0.39, 0.29) is 44.5 Å². The van der Waals surface area contributed by atoms with Crippen molar-refractivity contribution in [3.05, 3.63) is 0 Å². The molecular formula is C16H26N2O9S. The van der Waals surface area contributed by atoms with E-state index >= 15 is 0 Å². The molecule has 3 atom stereocenters. The summed E-state index contributed by atoms with van der Waals surface area (Å²) in [5.41, 5.74) is 5.29. The lowest BCUT2D eigenvalue weighted by Gasteiger charge is -2.19. The zero-order valence-electron chi connectivity index (χ0n) is 15.5. The van der Waals surface area contributed by atoms with Crippen molar-refractivity contribution in [3.63, 3.8) is 0 Å². The zero-order valence-corrected chi connectivity index (χ0v) is 16.3. The number of carbonyl (C=O) groups is 5. The van der Waals surface area contributed by atoms with Crippen LogP contribution in [0.4, 0.5) is 0 Å². The number of nitrogens with one attached hydrogen (secondary N) is 1. The van der Waals surface area contributed by atoms with Crippen molar-refractivity contribution in [1.82, 2.24) is 5.32 Å². The summed E-state index contributed by atoms with van der Waals surface area (Å²) in [5.74, 6) is -4.92. The van der Waals surface area contributed by atoms with Gasteiger partial charge in [0.15, 0.2) is 0 Å². The van der Waals surface area contributed by atoms with Gasteiger partial charge in [0.1, 0.15) is 12.1 Å². The van der Waals surface area contributed by atoms with Gasteiger partial charge >= 0.3 is 23.9 Å². The first-order valence-electron chi connectivity index (χ1n) is 8.56. The summed E-state index contributed by atoms with van der Waals surface area (Å²) in [5, 5.41) is 28.5. The summed E-state index contributed by atoms with van der Waals surface area (Å²) in [6.07, 6.45) is -0.557. The minimum absolute atomic E-state index is 0.0838. The molecule has 0 bridgehead atoms. The molecule has 12 heteroatoms. The lowest BCUT2D eigenvalue weighted by Crippen LogP contribution is -2.43. The molecule has 0 aliphatic heterocycles. The Hall–Kier alpha value is -2.34. The van der Waals surface area contributed by atoms with Crippen molar-refractivity contribution in [2.75, 3.05) is 12.4 Å². The fourth-order valence-electron chi connectivity index (χ4n) is 2.02. The third-order valence-corrected chi connectivity index (χ3v) is 4.91.